The standard InChI is InChI=1S/C10H12NO3S.Y/c1-4-8(12)11-7-5-15-6(2)9(7)10(13)14-3;/h4H2,1-3H3,(H,11,12);/q-1;. The van der Waals surface area contributed by atoms with Crippen LogP contribution in [0.3, 0.4) is 0 Å². The van der Waals surface area contributed by atoms with Gasteiger partial charge in [0, 0.05) is 39.1 Å². The second kappa shape index (κ2) is 7.14. The summed E-state index contributed by atoms with van der Waals surface area (Å²) in [5.41, 5.74) is 0.806. The van der Waals surface area contributed by atoms with Crippen LogP contribution in [-0.4, -0.2) is 19.0 Å². The van der Waals surface area contributed by atoms with Crippen LogP contribution in [0.2, 0.25) is 0 Å². The zero-order valence-electron chi connectivity index (χ0n) is 9.42. The number of carbonyl (C=O) groups excluding carboxylic acids is 2. The Morgan fingerprint density at radius 3 is 2.62 bits per heavy atom. The number of thiophene rings is 1. The molecule has 1 amide bonds. The van der Waals surface area contributed by atoms with E-state index in [1.165, 1.54) is 18.4 Å². The number of hydrogen-bond acceptors (Lipinski definition) is 4. The number of hydrogen-bond donors (Lipinski definition) is 1. The van der Waals surface area contributed by atoms with Crippen molar-refractivity contribution in [1.82, 2.24) is 0 Å². The third kappa shape index (κ3) is 3.65. The summed E-state index contributed by atoms with van der Waals surface area (Å²) in [4.78, 5) is 23.4. The number of nitrogens with one attached hydrogen (secondary N) is 1. The van der Waals surface area contributed by atoms with Crippen LogP contribution in [0.1, 0.15) is 28.6 Å². The van der Waals surface area contributed by atoms with Crippen LogP contribution in [0.4, 0.5) is 5.69 Å². The number of amides is 1. The molecule has 0 spiro atoms. The van der Waals surface area contributed by atoms with Crippen LogP contribution in [0.25, 0.3) is 0 Å². The molecule has 0 aliphatic rings. The first-order chi connectivity index (χ1) is 7.10. The van der Waals surface area contributed by atoms with Crippen molar-refractivity contribution in [3.05, 3.63) is 15.8 Å². The van der Waals surface area contributed by atoms with Gasteiger partial charge in [0.15, 0.2) is 0 Å². The number of esters is 1. The molecular formula is C10H12NO3SY-. The molecule has 0 bridgehead atoms. The van der Waals surface area contributed by atoms with Crippen LogP contribution in [0, 0.1) is 12.3 Å². The van der Waals surface area contributed by atoms with Crippen LogP contribution in [0.15, 0.2) is 0 Å². The predicted octanol–water partition coefficient (Wildman–Crippen LogP) is 1.99. The van der Waals surface area contributed by atoms with E-state index >= 15 is 0 Å². The molecule has 0 aromatic carbocycles. The molecular weight excluding hydrogens is 303 g/mol. The predicted molar refractivity (Wildman–Crippen MR) is 58.2 cm³/mol. The second-order valence-electron chi connectivity index (χ2n) is 2.90. The van der Waals surface area contributed by atoms with Crippen molar-refractivity contribution in [3.63, 3.8) is 0 Å². The molecule has 0 unspecified atom stereocenters. The van der Waals surface area contributed by atoms with E-state index in [0.29, 0.717) is 17.7 Å². The molecule has 0 aliphatic heterocycles. The molecule has 0 saturated carbocycles. The fourth-order valence-corrected chi connectivity index (χ4v) is 1.77. The van der Waals surface area contributed by atoms with Crippen molar-refractivity contribution in [2.45, 2.75) is 20.3 Å². The number of aryl methyl sites for hydroxylation is 1. The van der Waals surface area contributed by atoms with Crippen LogP contribution < -0.4 is 5.32 Å². The monoisotopic (exact) mass is 315 g/mol. The van der Waals surface area contributed by atoms with E-state index in [-0.39, 0.29) is 38.6 Å². The van der Waals surface area contributed by atoms with Gasteiger partial charge in [-0.25, -0.2) is 0 Å². The molecule has 1 heterocycles. The van der Waals surface area contributed by atoms with Gasteiger partial charge in [0.05, 0.1) is 7.11 Å². The van der Waals surface area contributed by atoms with Crippen molar-refractivity contribution in [1.29, 1.82) is 0 Å². The normalized spacial score (nSPS) is 9.19. The second-order valence-corrected chi connectivity index (χ2v) is 3.92. The van der Waals surface area contributed by atoms with Crippen LogP contribution in [0.5, 0.6) is 0 Å². The Bertz CT molecular complexity index is 389. The van der Waals surface area contributed by atoms with Gasteiger partial charge in [-0.2, -0.15) is 0 Å². The maximum Gasteiger partial charge on any atom is 0.272 e. The Labute approximate surface area is 124 Å². The first-order valence-corrected chi connectivity index (χ1v) is 5.31. The molecule has 1 radical (unpaired) electrons. The van der Waals surface area contributed by atoms with Crippen molar-refractivity contribution < 1.29 is 47.0 Å². The fourth-order valence-electron chi connectivity index (χ4n) is 1.07. The summed E-state index contributed by atoms with van der Waals surface area (Å²) in [5.74, 6) is -0.592. The number of anilines is 1. The first-order valence-electron chi connectivity index (χ1n) is 4.49. The fraction of sp³-hybridized carbons (Fsp3) is 0.400. The average molecular weight is 315 g/mol. The number of methoxy groups -OCH3 is 1. The van der Waals surface area contributed by atoms with Gasteiger partial charge in [0.1, 0.15) is 0 Å². The molecule has 0 fully saturated rings. The number of carbonyl (C=O) groups is 2. The zero-order valence-corrected chi connectivity index (χ0v) is 13.1. The van der Waals surface area contributed by atoms with E-state index in [4.69, 9.17) is 0 Å². The van der Waals surface area contributed by atoms with E-state index in [2.05, 4.69) is 15.4 Å². The molecule has 0 saturated heterocycles. The van der Waals surface area contributed by atoms with E-state index in [0.717, 1.165) is 4.88 Å². The van der Waals surface area contributed by atoms with Crippen LogP contribution >= 0.6 is 11.3 Å². The number of rotatable bonds is 3. The Morgan fingerprint density at radius 1 is 1.50 bits per heavy atom. The Balaban J connectivity index is 0.00000225. The molecule has 85 valence electrons. The molecule has 1 aromatic rings. The van der Waals surface area contributed by atoms with Gasteiger partial charge in [0.25, 0.3) is 5.97 Å². The summed E-state index contributed by atoms with van der Waals surface area (Å²) in [6.07, 6.45) is 0.364. The number of ether oxygens (including phenoxy) is 1. The minimum Gasteiger partial charge on any atom is -0.475 e. The maximum absolute atomic E-state index is 11.4. The Kier molecular flexibility index (Phi) is 7.03. The van der Waals surface area contributed by atoms with Gasteiger partial charge in [-0.3, -0.25) is 20.9 Å². The van der Waals surface area contributed by atoms with Gasteiger partial charge in [-0.1, -0.05) is 30.5 Å². The molecule has 0 aliphatic carbocycles. The van der Waals surface area contributed by atoms with E-state index in [1.54, 1.807) is 13.8 Å². The summed E-state index contributed by atoms with van der Waals surface area (Å²) in [6, 6.07) is 0. The smallest absolute Gasteiger partial charge is 0.272 e. The van der Waals surface area contributed by atoms with Crippen molar-refractivity contribution >= 4 is 28.9 Å². The molecule has 16 heavy (non-hydrogen) atoms. The molecule has 1 N–H and O–H groups in total. The maximum atomic E-state index is 11.4. The van der Waals surface area contributed by atoms with Gasteiger partial charge in [-0.15, -0.1) is 4.88 Å². The van der Waals surface area contributed by atoms with Crippen molar-refractivity contribution in [2.75, 3.05) is 12.4 Å². The first kappa shape index (κ1) is 15.7. The Morgan fingerprint density at radius 2 is 2.12 bits per heavy atom. The largest absolute Gasteiger partial charge is 0.475 e. The van der Waals surface area contributed by atoms with Gasteiger partial charge in [0.2, 0.25) is 5.91 Å². The Hall–Kier alpha value is -0.256. The van der Waals surface area contributed by atoms with Crippen LogP contribution in [-0.2, 0) is 42.2 Å². The summed E-state index contributed by atoms with van der Waals surface area (Å²) in [5, 5.41) is 5.47. The summed E-state index contributed by atoms with van der Waals surface area (Å²) in [6.45, 7) is 3.53. The van der Waals surface area contributed by atoms with E-state index < -0.39 is 5.97 Å². The molecule has 4 nitrogen and oxygen atoms in total. The van der Waals surface area contributed by atoms with Gasteiger partial charge >= 0.3 is 0 Å². The third-order valence-electron chi connectivity index (χ3n) is 1.88. The van der Waals surface area contributed by atoms with Gasteiger partial charge in [-0.05, 0) is 0 Å². The molecule has 0 atom stereocenters. The minimum atomic E-state index is -0.448. The molecule has 1 aromatic heterocycles. The minimum absolute atomic E-state index is 0. The third-order valence-corrected chi connectivity index (χ3v) is 2.70. The van der Waals surface area contributed by atoms with Gasteiger partial charge < -0.3 is 10.1 Å². The molecule has 1 rings (SSSR count). The molecule has 6 heteroatoms. The quantitative estimate of drug-likeness (QED) is 0.685. The van der Waals surface area contributed by atoms with Crippen molar-refractivity contribution in [3.8, 4) is 0 Å². The average Bonchev–Trinajstić information content (AvgIpc) is 2.58. The summed E-state index contributed by atoms with van der Waals surface area (Å²) in [7, 11) is 1.31. The summed E-state index contributed by atoms with van der Waals surface area (Å²) < 4.78 is 4.63. The van der Waals surface area contributed by atoms with E-state index in [9.17, 15) is 9.59 Å². The SMILES string of the molecule is CCC(=O)Nc1[c-]sc(C)c1C(=O)OC.[Y]. The van der Waals surface area contributed by atoms with E-state index in [1.807, 2.05) is 0 Å². The zero-order chi connectivity index (χ0) is 11.4. The summed E-state index contributed by atoms with van der Waals surface area (Å²) >= 11 is 1.29. The topological polar surface area (TPSA) is 55.4 Å². The van der Waals surface area contributed by atoms with Crippen molar-refractivity contribution in [2.24, 2.45) is 0 Å².